The Labute approximate surface area is 124 Å². The molecule has 1 aromatic carbocycles. The summed E-state index contributed by atoms with van der Waals surface area (Å²) in [6.45, 7) is 0.0207. The fraction of sp³-hybridized carbons (Fsp3) is 0.143. The Morgan fingerprint density at radius 3 is 2.89 bits per heavy atom. The molecule has 0 unspecified atom stereocenters. The van der Waals surface area contributed by atoms with E-state index in [0.717, 1.165) is 10.0 Å². The normalized spacial score (nSPS) is 10.2. The number of benzene rings is 1. The van der Waals surface area contributed by atoms with Gasteiger partial charge in [-0.15, -0.1) is 0 Å². The zero-order chi connectivity index (χ0) is 13.7. The molecule has 98 valence electrons. The lowest BCUT2D eigenvalue weighted by Gasteiger charge is -2.06. The van der Waals surface area contributed by atoms with Crippen molar-refractivity contribution < 1.29 is 9.53 Å². The standard InChI is InChI=1S/C14H11BrClNO2/c15-11-4-10(7-17-8-11)5-13(18)9-19-14-3-1-2-12(16)6-14/h1-4,6-8H,5,9H2. The minimum atomic E-state index is -0.0140. The SMILES string of the molecule is O=C(COc1cccc(Cl)c1)Cc1cncc(Br)c1. The van der Waals surface area contributed by atoms with Gasteiger partial charge in [-0.2, -0.15) is 0 Å². The highest BCUT2D eigenvalue weighted by atomic mass is 79.9. The first-order valence-corrected chi connectivity index (χ1v) is 6.80. The number of rotatable bonds is 5. The number of hydrogen-bond donors (Lipinski definition) is 0. The summed E-state index contributed by atoms with van der Waals surface area (Å²) in [4.78, 5) is 15.8. The van der Waals surface area contributed by atoms with E-state index in [2.05, 4.69) is 20.9 Å². The molecule has 0 saturated heterocycles. The molecule has 0 aliphatic carbocycles. The van der Waals surface area contributed by atoms with Crippen molar-refractivity contribution in [2.24, 2.45) is 0 Å². The molecule has 0 N–H and O–H groups in total. The molecule has 5 heteroatoms. The zero-order valence-electron chi connectivity index (χ0n) is 9.98. The molecule has 0 saturated carbocycles. The summed E-state index contributed by atoms with van der Waals surface area (Å²) in [6.07, 6.45) is 3.64. The van der Waals surface area contributed by atoms with E-state index in [1.807, 2.05) is 6.07 Å². The average molecular weight is 341 g/mol. The van der Waals surface area contributed by atoms with Crippen molar-refractivity contribution in [2.75, 3.05) is 6.61 Å². The van der Waals surface area contributed by atoms with E-state index in [4.69, 9.17) is 16.3 Å². The molecule has 2 aromatic rings. The van der Waals surface area contributed by atoms with Crippen LogP contribution in [0.25, 0.3) is 0 Å². The van der Waals surface area contributed by atoms with Gasteiger partial charge in [0.1, 0.15) is 12.4 Å². The van der Waals surface area contributed by atoms with Crippen LogP contribution in [0, 0.1) is 0 Å². The molecule has 3 nitrogen and oxygen atoms in total. The fourth-order valence-electron chi connectivity index (χ4n) is 1.55. The van der Waals surface area contributed by atoms with Crippen molar-refractivity contribution in [1.82, 2.24) is 4.98 Å². The first kappa shape index (κ1) is 14.0. The van der Waals surface area contributed by atoms with Crippen LogP contribution in [-0.4, -0.2) is 17.4 Å². The third-order valence-electron chi connectivity index (χ3n) is 2.36. The van der Waals surface area contributed by atoms with E-state index in [0.29, 0.717) is 17.2 Å². The van der Waals surface area contributed by atoms with Gasteiger partial charge < -0.3 is 4.74 Å². The molecular weight excluding hydrogens is 330 g/mol. The van der Waals surface area contributed by atoms with Crippen molar-refractivity contribution in [1.29, 1.82) is 0 Å². The van der Waals surface area contributed by atoms with Crippen molar-refractivity contribution in [3.05, 3.63) is 57.8 Å². The van der Waals surface area contributed by atoms with E-state index in [1.54, 1.807) is 36.7 Å². The molecule has 1 aromatic heterocycles. The summed E-state index contributed by atoms with van der Waals surface area (Å²) in [5.74, 6) is 0.577. The van der Waals surface area contributed by atoms with E-state index in [1.165, 1.54) is 0 Å². The summed E-state index contributed by atoms with van der Waals surface area (Å²) >= 11 is 9.14. The zero-order valence-corrected chi connectivity index (χ0v) is 12.3. The van der Waals surface area contributed by atoms with Crippen molar-refractivity contribution >= 4 is 33.3 Å². The maximum absolute atomic E-state index is 11.8. The smallest absolute Gasteiger partial charge is 0.174 e. The Morgan fingerprint density at radius 2 is 2.16 bits per heavy atom. The molecule has 2 rings (SSSR count). The van der Waals surface area contributed by atoms with Crippen LogP contribution in [-0.2, 0) is 11.2 Å². The maximum atomic E-state index is 11.8. The van der Waals surface area contributed by atoms with Crippen LogP contribution in [0.3, 0.4) is 0 Å². The number of aromatic nitrogens is 1. The number of ether oxygens (including phenoxy) is 1. The second-order valence-corrected chi connectivity index (χ2v) is 5.33. The van der Waals surface area contributed by atoms with Gasteiger partial charge in [0.2, 0.25) is 0 Å². The number of Topliss-reactive ketones (excluding diaryl/α,β-unsaturated/α-hetero) is 1. The first-order chi connectivity index (χ1) is 9.13. The van der Waals surface area contributed by atoms with Crippen LogP contribution >= 0.6 is 27.5 Å². The predicted octanol–water partition coefficient (Wildman–Crippen LogP) is 3.69. The molecule has 0 radical (unpaired) electrons. The second-order valence-electron chi connectivity index (χ2n) is 3.97. The highest BCUT2D eigenvalue weighted by molar-refractivity contribution is 9.10. The van der Waals surface area contributed by atoms with Gasteiger partial charge in [0.25, 0.3) is 0 Å². The molecule has 0 aliphatic heterocycles. The van der Waals surface area contributed by atoms with Gasteiger partial charge in [0, 0.05) is 28.3 Å². The van der Waals surface area contributed by atoms with Gasteiger partial charge in [0.15, 0.2) is 5.78 Å². The maximum Gasteiger partial charge on any atom is 0.174 e. The molecule has 0 amide bonds. The first-order valence-electron chi connectivity index (χ1n) is 5.63. The van der Waals surface area contributed by atoms with Crippen LogP contribution in [0.1, 0.15) is 5.56 Å². The lowest BCUT2D eigenvalue weighted by atomic mass is 10.1. The largest absolute Gasteiger partial charge is 0.486 e. The third kappa shape index (κ3) is 4.65. The highest BCUT2D eigenvalue weighted by Crippen LogP contribution is 2.17. The Morgan fingerprint density at radius 1 is 1.32 bits per heavy atom. The van der Waals surface area contributed by atoms with Crippen LogP contribution in [0.15, 0.2) is 47.2 Å². The quantitative estimate of drug-likeness (QED) is 0.833. The van der Waals surface area contributed by atoms with Crippen molar-refractivity contribution in [3.63, 3.8) is 0 Å². The number of ketones is 1. The summed E-state index contributed by atoms with van der Waals surface area (Å²) in [5.41, 5.74) is 0.856. The van der Waals surface area contributed by atoms with Gasteiger partial charge in [-0.25, -0.2) is 0 Å². The summed E-state index contributed by atoms with van der Waals surface area (Å²) in [7, 11) is 0. The Balaban J connectivity index is 1.88. The van der Waals surface area contributed by atoms with Gasteiger partial charge >= 0.3 is 0 Å². The summed E-state index contributed by atoms with van der Waals surface area (Å²) in [5, 5.41) is 0.584. The van der Waals surface area contributed by atoms with Crippen LogP contribution in [0.2, 0.25) is 5.02 Å². The van der Waals surface area contributed by atoms with Crippen molar-refractivity contribution in [3.8, 4) is 5.75 Å². The molecule has 0 fully saturated rings. The van der Waals surface area contributed by atoms with E-state index in [-0.39, 0.29) is 12.4 Å². The minimum Gasteiger partial charge on any atom is -0.486 e. The van der Waals surface area contributed by atoms with Crippen LogP contribution in [0.4, 0.5) is 0 Å². The third-order valence-corrected chi connectivity index (χ3v) is 3.03. The number of carbonyl (C=O) groups excluding carboxylic acids is 1. The summed E-state index contributed by atoms with van der Waals surface area (Å²) < 4.78 is 6.24. The average Bonchev–Trinajstić information content (AvgIpc) is 2.36. The molecule has 0 atom stereocenters. The lowest BCUT2D eigenvalue weighted by Crippen LogP contribution is -2.13. The minimum absolute atomic E-state index is 0.0140. The topological polar surface area (TPSA) is 39.2 Å². The Bertz CT molecular complexity index is 589. The molecule has 19 heavy (non-hydrogen) atoms. The monoisotopic (exact) mass is 339 g/mol. The molecular formula is C14H11BrClNO2. The number of halogens is 2. The molecule has 0 spiro atoms. The number of pyridine rings is 1. The molecule has 1 heterocycles. The van der Waals surface area contributed by atoms with Gasteiger partial charge in [-0.3, -0.25) is 9.78 Å². The van der Waals surface area contributed by atoms with Gasteiger partial charge in [0.05, 0.1) is 0 Å². The lowest BCUT2D eigenvalue weighted by molar-refractivity contribution is -0.120. The highest BCUT2D eigenvalue weighted by Gasteiger charge is 2.06. The van der Waals surface area contributed by atoms with Crippen LogP contribution < -0.4 is 4.74 Å². The Hall–Kier alpha value is -1.39. The fourth-order valence-corrected chi connectivity index (χ4v) is 2.14. The van der Waals surface area contributed by atoms with E-state index in [9.17, 15) is 4.79 Å². The number of hydrogen-bond acceptors (Lipinski definition) is 3. The van der Waals surface area contributed by atoms with E-state index >= 15 is 0 Å². The number of nitrogens with zero attached hydrogens (tertiary/aromatic N) is 1. The molecule has 0 aliphatic rings. The van der Waals surface area contributed by atoms with Crippen LogP contribution in [0.5, 0.6) is 5.75 Å². The predicted molar refractivity (Wildman–Crippen MR) is 77.6 cm³/mol. The van der Waals surface area contributed by atoms with E-state index < -0.39 is 0 Å². The van der Waals surface area contributed by atoms with Gasteiger partial charge in [-0.05, 0) is 45.8 Å². The van der Waals surface area contributed by atoms with Gasteiger partial charge in [-0.1, -0.05) is 17.7 Å². The van der Waals surface area contributed by atoms with Crippen molar-refractivity contribution in [2.45, 2.75) is 6.42 Å². The Kier molecular flexibility index (Phi) is 4.93. The number of carbonyl (C=O) groups is 1. The summed E-state index contributed by atoms with van der Waals surface area (Å²) in [6, 6.07) is 8.84. The molecule has 0 bridgehead atoms. The second kappa shape index (κ2) is 6.68.